The second-order valence-electron chi connectivity index (χ2n) is 4.24. The molecule has 4 heteroatoms. The molecule has 17 heavy (non-hydrogen) atoms. The summed E-state index contributed by atoms with van der Waals surface area (Å²) >= 11 is 0. The van der Waals surface area contributed by atoms with E-state index in [9.17, 15) is 4.79 Å². The van der Waals surface area contributed by atoms with Gasteiger partial charge in [0.15, 0.2) is 0 Å². The van der Waals surface area contributed by atoms with E-state index >= 15 is 0 Å². The summed E-state index contributed by atoms with van der Waals surface area (Å²) in [5.74, 6) is -0.0875. The van der Waals surface area contributed by atoms with E-state index in [0.29, 0.717) is 19.5 Å². The van der Waals surface area contributed by atoms with Gasteiger partial charge in [-0.25, -0.2) is 0 Å². The highest BCUT2D eigenvalue weighted by Gasteiger charge is 2.18. The first-order chi connectivity index (χ1) is 8.17. The zero-order valence-corrected chi connectivity index (χ0v) is 10.9. The van der Waals surface area contributed by atoms with E-state index in [4.69, 9.17) is 10.8 Å². The van der Waals surface area contributed by atoms with Crippen LogP contribution in [-0.4, -0.2) is 41.7 Å². The van der Waals surface area contributed by atoms with Gasteiger partial charge >= 0.3 is 0 Å². The van der Waals surface area contributed by atoms with Crippen molar-refractivity contribution in [1.29, 1.82) is 0 Å². The predicted octanol–water partition coefficient (Wildman–Crippen LogP) is 1.29. The van der Waals surface area contributed by atoms with Gasteiger partial charge in [-0.1, -0.05) is 32.3 Å². The monoisotopic (exact) mass is 242 g/mol. The van der Waals surface area contributed by atoms with Crippen molar-refractivity contribution in [1.82, 2.24) is 4.90 Å². The van der Waals surface area contributed by atoms with Crippen molar-refractivity contribution in [3.63, 3.8) is 0 Å². The first kappa shape index (κ1) is 16.1. The van der Waals surface area contributed by atoms with Crippen LogP contribution in [0, 0.1) is 0 Å². The number of nitrogens with two attached hydrogens (primary N) is 1. The van der Waals surface area contributed by atoms with Crippen LogP contribution in [0.25, 0.3) is 0 Å². The number of hydrogen-bond donors (Lipinski definition) is 2. The van der Waals surface area contributed by atoms with Crippen LogP contribution < -0.4 is 5.73 Å². The Bertz CT molecular complexity index is 219. The molecule has 1 amide bonds. The third-order valence-corrected chi connectivity index (χ3v) is 2.70. The topological polar surface area (TPSA) is 66.6 Å². The number of carbonyl (C=O) groups is 1. The lowest BCUT2D eigenvalue weighted by atomic mass is 10.1. The molecule has 1 atom stereocenters. The minimum absolute atomic E-state index is 0.0136. The van der Waals surface area contributed by atoms with Crippen LogP contribution in [0.5, 0.6) is 0 Å². The number of amides is 1. The van der Waals surface area contributed by atoms with Crippen molar-refractivity contribution in [2.75, 3.05) is 19.7 Å². The first-order valence-corrected chi connectivity index (χ1v) is 6.43. The van der Waals surface area contributed by atoms with Gasteiger partial charge in [-0.15, -0.1) is 6.58 Å². The number of unbranched alkanes of at least 4 members (excludes halogenated alkanes) is 3. The molecule has 0 aliphatic heterocycles. The summed E-state index contributed by atoms with van der Waals surface area (Å²) < 4.78 is 0. The molecule has 0 aromatic heterocycles. The minimum atomic E-state index is -0.523. The van der Waals surface area contributed by atoms with Gasteiger partial charge in [0.05, 0.1) is 12.6 Å². The number of aliphatic hydroxyl groups is 1. The highest BCUT2D eigenvalue weighted by molar-refractivity contribution is 5.81. The van der Waals surface area contributed by atoms with Gasteiger partial charge in [-0.2, -0.15) is 0 Å². The lowest BCUT2D eigenvalue weighted by molar-refractivity contribution is -0.133. The van der Waals surface area contributed by atoms with Crippen molar-refractivity contribution in [2.45, 2.75) is 45.1 Å². The summed E-state index contributed by atoms with van der Waals surface area (Å²) in [5.41, 5.74) is 5.75. The van der Waals surface area contributed by atoms with Crippen molar-refractivity contribution < 1.29 is 9.90 Å². The summed E-state index contributed by atoms with van der Waals surface area (Å²) in [7, 11) is 0. The predicted molar refractivity (Wildman–Crippen MR) is 70.6 cm³/mol. The summed E-state index contributed by atoms with van der Waals surface area (Å²) in [6.45, 7) is 6.77. The van der Waals surface area contributed by atoms with E-state index in [-0.39, 0.29) is 12.5 Å². The van der Waals surface area contributed by atoms with Crippen LogP contribution in [-0.2, 0) is 4.79 Å². The molecule has 0 aliphatic carbocycles. The van der Waals surface area contributed by atoms with Crippen molar-refractivity contribution >= 4 is 5.91 Å². The Morgan fingerprint density at radius 1 is 1.41 bits per heavy atom. The summed E-state index contributed by atoms with van der Waals surface area (Å²) in [6.07, 6.45) is 6.57. The van der Waals surface area contributed by atoms with Crippen molar-refractivity contribution in [3.05, 3.63) is 12.7 Å². The Hall–Kier alpha value is -0.870. The molecule has 0 aliphatic rings. The maximum absolute atomic E-state index is 11.9. The molecule has 0 aromatic rings. The van der Waals surface area contributed by atoms with Gasteiger partial charge in [0.25, 0.3) is 0 Å². The number of hydrogen-bond acceptors (Lipinski definition) is 3. The molecular formula is C13H26N2O2. The smallest absolute Gasteiger partial charge is 0.239 e. The maximum atomic E-state index is 11.9. The zero-order valence-electron chi connectivity index (χ0n) is 10.9. The molecule has 100 valence electrons. The minimum Gasteiger partial charge on any atom is -0.395 e. The third-order valence-electron chi connectivity index (χ3n) is 2.70. The molecule has 0 fully saturated rings. The van der Waals surface area contributed by atoms with Crippen LogP contribution in [0.15, 0.2) is 12.7 Å². The van der Waals surface area contributed by atoms with E-state index in [0.717, 1.165) is 12.8 Å². The molecule has 0 rings (SSSR count). The summed E-state index contributed by atoms with van der Waals surface area (Å²) in [6, 6.07) is -0.523. The summed E-state index contributed by atoms with van der Waals surface area (Å²) in [4.78, 5) is 13.6. The lowest BCUT2D eigenvalue weighted by Crippen LogP contribution is -2.45. The first-order valence-electron chi connectivity index (χ1n) is 6.43. The second-order valence-corrected chi connectivity index (χ2v) is 4.24. The highest BCUT2D eigenvalue weighted by Crippen LogP contribution is 2.04. The fraction of sp³-hybridized carbons (Fsp3) is 0.769. The van der Waals surface area contributed by atoms with Gasteiger partial charge in [-0.05, 0) is 12.8 Å². The van der Waals surface area contributed by atoms with E-state index in [1.165, 1.54) is 12.8 Å². The van der Waals surface area contributed by atoms with Crippen LogP contribution >= 0.6 is 0 Å². The Labute approximate surface area is 104 Å². The molecule has 1 unspecified atom stereocenters. The van der Waals surface area contributed by atoms with Gasteiger partial charge in [0.2, 0.25) is 5.91 Å². The summed E-state index contributed by atoms with van der Waals surface area (Å²) in [5, 5.41) is 8.95. The van der Waals surface area contributed by atoms with Crippen molar-refractivity contribution in [2.24, 2.45) is 5.73 Å². The largest absolute Gasteiger partial charge is 0.395 e. The standard InChI is InChI=1S/C13H26N2O2/c1-3-5-6-7-9-15(10-11-16)13(17)12(14)8-4-2/h4,12,16H,2-3,5-11,14H2,1H3. The van der Waals surface area contributed by atoms with Gasteiger partial charge < -0.3 is 15.7 Å². The fourth-order valence-corrected chi connectivity index (χ4v) is 1.70. The molecule has 0 spiro atoms. The van der Waals surface area contributed by atoms with Crippen LogP contribution in [0.2, 0.25) is 0 Å². The van der Waals surface area contributed by atoms with Crippen LogP contribution in [0.4, 0.5) is 0 Å². The average Bonchev–Trinajstić information content (AvgIpc) is 2.32. The average molecular weight is 242 g/mol. The molecule has 3 N–H and O–H groups in total. The van der Waals surface area contributed by atoms with Gasteiger partial charge in [0.1, 0.15) is 0 Å². The van der Waals surface area contributed by atoms with Crippen molar-refractivity contribution in [3.8, 4) is 0 Å². The molecule has 0 heterocycles. The number of aliphatic hydroxyl groups excluding tert-OH is 1. The number of nitrogens with zero attached hydrogens (tertiary/aromatic N) is 1. The normalized spacial score (nSPS) is 12.2. The Morgan fingerprint density at radius 3 is 2.65 bits per heavy atom. The molecular weight excluding hydrogens is 216 g/mol. The molecule has 0 aromatic carbocycles. The Morgan fingerprint density at radius 2 is 2.12 bits per heavy atom. The molecule has 0 saturated heterocycles. The molecule has 0 saturated carbocycles. The molecule has 0 radical (unpaired) electrons. The van der Waals surface area contributed by atoms with E-state index in [1.54, 1.807) is 11.0 Å². The second kappa shape index (κ2) is 10.3. The van der Waals surface area contributed by atoms with E-state index in [2.05, 4.69) is 13.5 Å². The lowest BCUT2D eigenvalue weighted by Gasteiger charge is -2.24. The number of carbonyl (C=O) groups excluding carboxylic acids is 1. The fourth-order valence-electron chi connectivity index (χ4n) is 1.70. The van der Waals surface area contributed by atoms with Crippen LogP contribution in [0.3, 0.4) is 0 Å². The maximum Gasteiger partial charge on any atom is 0.239 e. The Kier molecular flexibility index (Phi) is 9.77. The number of rotatable bonds is 10. The van der Waals surface area contributed by atoms with Gasteiger partial charge in [-0.3, -0.25) is 4.79 Å². The molecule has 0 bridgehead atoms. The zero-order chi connectivity index (χ0) is 13.1. The highest BCUT2D eigenvalue weighted by atomic mass is 16.3. The molecule has 4 nitrogen and oxygen atoms in total. The third kappa shape index (κ3) is 7.13. The quantitative estimate of drug-likeness (QED) is 0.448. The van der Waals surface area contributed by atoms with E-state index in [1.807, 2.05) is 0 Å². The van der Waals surface area contributed by atoms with E-state index < -0.39 is 6.04 Å². The van der Waals surface area contributed by atoms with Gasteiger partial charge in [0, 0.05) is 13.1 Å². The van der Waals surface area contributed by atoms with Crippen LogP contribution in [0.1, 0.15) is 39.0 Å². The Balaban J connectivity index is 4.10. The SMILES string of the molecule is C=CCC(N)C(=O)N(CCO)CCCCCC.